The highest BCUT2D eigenvalue weighted by Gasteiger charge is 2.31. The lowest BCUT2D eigenvalue weighted by Crippen LogP contribution is -2.27. The van der Waals surface area contributed by atoms with Crippen LogP contribution in [0.25, 0.3) is 0 Å². The van der Waals surface area contributed by atoms with Crippen LogP contribution in [0.3, 0.4) is 0 Å². The van der Waals surface area contributed by atoms with E-state index in [0.29, 0.717) is 11.7 Å². The van der Waals surface area contributed by atoms with Crippen molar-refractivity contribution in [3.05, 3.63) is 23.0 Å². The van der Waals surface area contributed by atoms with Gasteiger partial charge in [-0.15, -0.1) is 0 Å². The molecule has 0 saturated carbocycles. The summed E-state index contributed by atoms with van der Waals surface area (Å²) in [7, 11) is 0. The highest BCUT2D eigenvalue weighted by molar-refractivity contribution is 5.80. The van der Waals surface area contributed by atoms with E-state index in [2.05, 4.69) is 30.7 Å². The van der Waals surface area contributed by atoms with Crippen LogP contribution in [-0.4, -0.2) is 30.4 Å². The smallest absolute Gasteiger partial charge is 0.357 e. The maximum atomic E-state index is 12.9. The number of nitrogens with zero attached hydrogens (tertiary/aromatic N) is 2. The van der Waals surface area contributed by atoms with Crippen molar-refractivity contribution in [1.82, 2.24) is 4.90 Å². The van der Waals surface area contributed by atoms with Crippen LogP contribution in [0.1, 0.15) is 67.2 Å². The molecule has 2 nitrogen and oxygen atoms in total. The Bertz CT molecular complexity index is 448. The van der Waals surface area contributed by atoms with Crippen LogP contribution in [0.2, 0.25) is 0 Å². The minimum Gasteiger partial charge on any atom is -0.357 e. The van der Waals surface area contributed by atoms with Gasteiger partial charge in [0.25, 0.3) is 0 Å². The van der Waals surface area contributed by atoms with Crippen molar-refractivity contribution in [2.45, 2.75) is 73.4 Å². The second-order valence-electron chi connectivity index (χ2n) is 6.25. The molecule has 0 aliphatic rings. The zero-order valence-electron chi connectivity index (χ0n) is 16.0. The van der Waals surface area contributed by atoms with E-state index in [1.165, 1.54) is 6.92 Å². The standard InChI is InChI=1S/C19H33F3N2/c1-7-12-24(13-11-15(5)8-2)18(16(6)9-3)23-14-17(10-4)19(20,21)22/h10,14-15H,7-9,11-13H2,1-6H3/b17-10+,18-16-,23-14-. The normalized spacial score (nSPS) is 15.6. The first-order valence-corrected chi connectivity index (χ1v) is 8.93. The van der Waals surface area contributed by atoms with E-state index in [4.69, 9.17) is 0 Å². The summed E-state index contributed by atoms with van der Waals surface area (Å²) in [6, 6.07) is 0. The monoisotopic (exact) mass is 346 g/mol. The van der Waals surface area contributed by atoms with E-state index in [-0.39, 0.29) is 0 Å². The molecular formula is C19H33F3N2. The maximum absolute atomic E-state index is 12.9. The molecule has 0 spiro atoms. The summed E-state index contributed by atoms with van der Waals surface area (Å²) in [4.78, 5) is 6.38. The molecule has 0 aliphatic heterocycles. The summed E-state index contributed by atoms with van der Waals surface area (Å²) in [5.74, 6) is 1.28. The summed E-state index contributed by atoms with van der Waals surface area (Å²) in [6.45, 7) is 13.4. The van der Waals surface area contributed by atoms with Crippen LogP contribution in [0.4, 0.5) is 13.2 Å². The van der Waals surface area contributed by atoms with E-state index in [1.807, 2.05) is 13.8 Å². The van der Waals surface area contributed by atoms with Gasteiger partial charge in [-0.3, -0.25) is 0 Å². The first-order valence-electron chi connectivity index (χ1n) is 8.93. The Balaban J connectivity index is 5.49. The van der Waals surface area contributed by atoms with Crippen molar-refractivity contribution < 1.29 is 13.2 Å². The van der Waals surface area contributed by atoms with Crippen molar-refractivity contribution in [1.29, 1.82) is 0 Å². The largest absolute Gasteiger partial charge is 0.417 e. The molecule has 0 heterocycles. The Kier molecular flexibility index (Phi) is 10.7. The van der Waals surface area contributed by atoms with Gasteiger partial charge in [0.05, 0.1) is 5.57 Å². The lowest BCUT2D eigenvalue weighted by Gasteiger charge is -2.27. The van der Waals surface area contributed by atoms with Crippen molar-refractivity contribution in [3.8, 4) is 0 Å². The molecule has 1 atom stereocenters. The predicted molar refractivity (Wildman–Crippen MR) is 97.2 cm³/mol. The average Bonchev–Trinajstić information content (AvgIpc) is 2.53. The maximum Gasteiger partial charge on any atom is 0.417 e. The van der Waals surface area contributed by atoms with Crippen LogP contribution in [-0.2, 0) is 0 Å². The van der Waals surface area contributed by atoms with Gasteiger partial charge in [-0.25, -0.2) is 4.99 Å². The second-order valence-corrected chi connectivity index (χ2v) is 6.25. The zero-order valence-corrected chi connectivity index (χ0v) is 16.0. The van der Waals surface area contributed by atoms with Crippen LogP contribution in [0.15, 0.2) is 28.0 Å². The molecule has 0 N–H and O–H groups in total. The van der Waals surface area contributed by atoms with Crippen LogP contribution in [0, 0.1) is 5.92 Å². The molecular weight excluding hydrogens is 313 g/mol. The highest BCUT2D eigenvalue weighted by atomic mass is 19.4. The first-order chi connectivity index (χ1) is 11.2. The van der Waals surface area contributed by atoms with E-state index >= 15 is 0 Å². The van der Waals surface area contributed by atoms with Gasteiger partial charge in [0.15, 0.2) is 0 Å². The lowest BCUT2D eigenvalue weighted by molar-refractivity contribution is -0.0857. The Labute approximate surface area is 145 Å². The number of halogens is 3. The van der Waals surface area contributed by atoms with Crippen LogP contribution >= 0.6 is 0 Å². The third-order valence-corrected chi connectivity index (χ3v) is 4.26. The zero-order chi connectivity index (χ0) is 18.8. The third-order valence-electron chi connectivity index (χ3n) is 4.26. The van der Waals surface area contributed by atoms with E-state index in [9.17, 15) is 13.2 Å². The topological polar surface area (TPSA) is 15.6 Å². The van der Waals surface area contributed by atoms with Gasteiger partial charge in [-0.1, -0.05) is 40.2 Å². The fourth-order valence-electron chi connectivity index (χ4n) is 2.24. The molecule has 140 valence electrons. The van der Waals surface area contributed by atoms with Gasteiger partial charge >= 0.3 is 6.18 Å². The molecule has 0 rings (SSSR count). The van der Waals surface area contributed by atoms with E-state index in [1.54, 1.807) is 0 Å². The first kappa shape index (κ1) is 22.7. The van der Waals surface area contributed by atoms with Crippen molar-refractivity contribution in [3.63, 3.8) is 0 Å². The minimum atomic E-state index is -4.37. The fraction of sp³-hybridized carbons (Fsp3) is 0.737. The molecule has 0 radical (unpaired) electrons. The van der Waals surface area contributed by atoms with Gasteiger partial charge in [0.2, 0.25) is 0 Å². The molecule has 0 aliphatic carbocycles. The molecule has 0 aromatic rings. The summed E-state index contributed by atoms with van der Waals surface area (Å²) in [5, 5.41) is 0. The third kappa shape index (κ3) is 8.02. The van der Waals surface area contributed by atoms with E-state index < -0.39 is 11.7 Å². The van der Waals surface area contributed by atoms with Gasteiger partial charge < -0.3 is 4.90 Å². The number of hydrogen-bond acceptors (Lipinski definition) is 2. The average molecular weight is 346 g/mol. The molecule has 0 amide bonds. The summed E-state index contributed by atoms with van der Waals surface area (Å²) in [6.07, 6.45) is 1.48. The summed E-state index contributed by atoms with van der Waals surface area (Å²) >= 11 is 0. The molecule has 0 aromatic heterocycles. The minimum absolute atomic E-state index is 0.595. The second kappa shape index (κ2) is 11.3. The molecule has 24 heavy (non-hydrogen) atoms. The summed E-state index contributed by atoms with van der Waals surface area (Å²) in [5.41, 5.74) is 0.309. The fourth-order valence-corrected chi connectivity index (χ4v) is 2.24. The lowest BCUT2D eigenvalue weighted by atomic mass is 10.0. The van der Waals surface area contributed by atoms with E-state index in [0.717, 1.165) is 56.6 Å². The number of allylic oxidation sites excluding steroid dienone is 3. The van der Waals surface area contributed by atoms with Crippen LogP contribution < -0.4 is 0 Å². The molecule has 5 heteroatoms. The summed E-state index contributed by atoms with van der Waals surface area (Å²) < 4.78 is 38.7. The van der Waals surface area contributed by atoms with Gasteiger partial charge in [-0.2, -0.15) is 13.2 Å². The van der Waals surface area contributed by atoms with Crippen molar-refractivity contribution in [2.75, 3.05) is 13.1 Å². The molecule has 0 fully saturated rings. The highest BCUT2D eigenvalue weighted by Crippen LogP contribution is 2.25. The molecule has 0 saturated heterocycles. The number of aliphatic imine (C=N–C) groups is 1. The van der Waals surface area contributed by atoms with Crippen molar-refractivity contribution >= 4 is 6.21 Å². The molecule has 0 aromatic carbocycles. The van der Waals surface area contributed by atoms with Crippen molar-refractivity contribution in [2.24, 2.45) is 10.9 Å². The predicted octanol–water partition coefficient (Wildman–Crippen LogP) is 6.36. The Morgan fingerprint density at radius 3 is 2.21 bits per heavy atom. The van der Waals surface area contributed by atoms with Crippen LogP contribution in [0.5, 0.6) is 0 Å². The Morgan fingerprint density at radius 2 is 1.79 bits per heavy atom. The van der Waals surface area contributed by atoms with Gasteiger partial charge in [-0.05, 0) is 44.6 Å². The number of alkyl halides is 3. The quantitative estimate of drug-likeness (QED) is 0.420. The number of rotatable bonds is 10. The van der Waals surface area contributed by atoms with Gasteiger partial charge in [0, 0.05) is 19.3 Å². The molecule has 1 unspecified atom stereocenters. The molecule has 0 bridgehead atoms. The number of hydrogen-bond donors (Lipinski definition) is 0. The Morgan fingerprint density at radius 1 is 1.17 bits per heavy atom. The SMILES string of the molecule is C\C=C(/C=N\C(=C(/C)CC)N(CCC)CCC(C)CC)C(F)(F)F. The van der Waals surface area contributed by atoms with Gasteiger partial charge in [0.1, 0.15) is 5.82 Å². The Hall–Kier alpha value is -1.26.